The van der Waals surface area contributed by atoms with Crippen LogP contribution >= 0.6 is 12.2 Å². The van der Waals surface area contributed by atoms with Gasteiger partial charge in [0.25, 0.3) is 0 Å². The summed E-state index contributed by atoms with van der Waals surface area (Å²) in [5.74, 6) is 1.12. The van der Waals surface area contributed by atoms with Gasteiger partial charge in [0.2, 0.25) is 5.88 Å². The van der Waals surface area contributed by atoms with E-state index < -0.39 is 0 Å². The minimum absolute atomic E-state index is 0.453. The summed E-state index contributed by atoms with van der Waals surface area (Å²) in [7, 11) is 1.55. The van der Waals surface area contributed by atoms with E-state index in [9.17, 15) is 0 Å². The summed E-state index contributed by atoms with van der Waals surface area (Å²) in [5.41, 5.74) is 0.633. The molecule has 0 aliphatic carbocycles. The lowest BCUT2D eigenvalue weighted by Gasteiger charge is -2.03. The smallest absolute Gasteiger partial charge is 0.232 e. The topological polar surface area (TPSA) is 68.6 Å². The van der Waals surface area contributed by atoms with E-state index >= 15 is 0 Å². The van der Waals surface area contributed by atoms with Crippen molar-refractivity contribution in [1.82, 2.24) is 24.7 Å². The van der Waals surface area contributed by atoms with E-state index in [4.69, 9.17) is 17.0 Å². The van der Waals surface area contributed by atoms with Crippen LogP contribution in [0.4, 0.5) is 0 Å². The Morgan fingerprint density at radius 1 is 1.50 bits per heavy atom. The summed E-state index contributed by atoms with van der Waals surface area (Å²) in [4.78, 5) is 8.28. The molecule has 84 valence electrons. The summed E-state index contributed by atoms with van der Waals surface area (Å²) in [5, 5.41) is 6.85. The number of hydrogen-bond acceptors (Lipinski definition) is 5. The van der Waals surface area contributed by atoms with Crippen molar-refractivity contribution >= 4 is 12.2 Å². The van der Waals surface area contributed by atoms with E-state index in [-0.39, 0.29) is 0 Å². The summed E-state index contributed by atoms with van der Waals surface area (Å²) in [6.07, 6.45) is 3.17. The molecule has 2 aromatic heterocycles. The highest BCUT2D eigenvalue weighted by molar-refractivity contribution is 7.71. The number of hydrogen-bond donors (Lipinski definition) is 1. The van der Waals surface area contributed by atoms with Crippen molar-refractivity contribution in [2.24, 2.45) is 0 Å². The van der Waals surface area contributed by atoms with Crippen LogP contribution in [0.3, 0.4) is 0 Å². The minimum Gasteiger partial charge on any atom is -0.480 e. The van der Waals surface area contributed by atoms with Crippen LogP contribution in [-0.4, -0.2) is 31.8 Å². The van der Waals surface area contributed by atoms with Gasteiger partial charge in [-0.25, -0.2) is 4.98 Å². The fourth-order valence-corrected chi connectivity index (χ4v) is 1.62. The van der Waals surface area contributed by atoms with Crippen molar-refractivity contribution in [1.29, 1.82) is 0 Å². The lowest BCUT2D eigenvalue weighted by Crippen LogP contribution is -2.00. The Hall–Kier alpha value is -1.76. The average molecular weight is 237 g/mol. The molecule has 0 radical (unpaired) electrons. The second kappa shape index (κ2) is 4.40. The summed E-state index contributed by atoms with van der Waals surface area (Å²) in [6, 6.07) is 0. The molecule has 1 N–H and O–H groups in total. The van der Waals surface area contributed by atoms with E-state index in [0.29, 0.717) is 22.2 Å². The number of ether oxygens (including phenoxy) is 1. The van der Waals surface area contributed by atoms with E-state index in [1.165, 1.54) is 0 Å². The highest BCUT2D eigenvalue weighted by Gasteiger charge is 2.09. The van der Waals surface area contributed by atoms with Crippen molar-refractivity contribution < 1.29 is 4.74 Å². The zero-order chi connectivity index (χ0) is 11.5. The van der Waals surface area contributed by atoms with E-state index in [0.717, 1.165) is 6.54 Å². The van der Waals surface area contributed by atoms with Crippen LogP contribution < -0.4 is 4.74 Å². The molecule has 0 aliphatic heterocycles. The monoisotopic (exact) mass is 237 g/mol. The molecular weight excluding hydrogens is 226 g/mol. The molecule has 16 heavy (non-hydrogen) atoms. The number of aromatic amines is 1. The maximum atomic E-state index is 5.10. The molecule has 0 unspecified atom stereocenters. The number of nitrogens with one attached hydrogen (secondary N) is 1. The highest BCUT2D eigenvalue weighted by Crippen LogP contribution is 2.16. The molecule has 0 saturated carbocycles. The maximum absolute atomic E-state index is 5.10. The standard InChI is InChI=1S/C9H11N5OS/c1-3-14-8(12-13-9(14)16)6-4-10-5-7(11-6)15-2/h4-5H,3H2,1-2H3,(H,13,16). The molecule has 2 aromatic rings. The molecule has 0 aromatic carbocycles. The Balaban J connectivity index is 2.53. The second-order valence-corrected chi connectivity index (χ2v) is 3.43. The predicted octanol–water partition coefficient (Wildman–Crippen LogP) is 1.43. The van der Waals surface area contributed by atoms with Crippen molar-refractivity contribution in [2.75, 3.05) is 7.11 Å². The van der Waals surface area contributed by atoms with Crippen LogP contribution in [0.2, 0.25) is 0 Å². The SMILES string of the molecule is CCn1c(-c2cncc(OC)n2)n[nH]c1=S. The summed E-state index contributed by atoms with van der Waals surface area (Å²) < 4.78 is 7.43. The molecule has 0 aliphatic rings. The summed E-state index contributed by atoms with van der Waals surface area (Å²) >= 11 is 5.10. The van der Waals surface area contributed by atoms with Crippen molar-refractivity contribution in [3.05, 3.63) is 17.2 Å². The number of H-pyrrole nitrogens is 1. The van der Waals surface area contributed by atoms with Crippen molar-refractivity contribution in [3.8, 4) is 17.4 Å². The fourth-order valence-electron chi connectivity index (χ4n) is 1.36. The van der Waals surface area contributed by atoms with Crippen LogP contribution in [0.5, 0.6) is 5.88 Å². The quantitative estimate of drug-likeness (QED) is 0.818. The number of methoxy groups -OCH3 is 1. The first-order valence-electron chi connectivity index (χ1n) is 4.78. The third-order valence-electron chi connectivity index (χ3n) is 2.13. The molecule has 7 heteroatoms. The Kier molecular flexibility index (Phi) is 2.95. The van der Waals surface area contributed by atoms with Gasteiger partial charge in [-0.3, -0.25) is 14.6 Å². The first-order chi connectivity index (χ1) is 7.76. The molecule has 0 saturated heterocycles. The lowest BCUT2D eigenvalue weighted by atomic mass is 10.4. The van der Waals surface area contributed by atoms with Gasteiger partial charge in [-0.2, -0.15) is 5.10 Å². The molecule has 0 amide bonds. The summed E-state index contributed by atoms with van der Waals surface area (Å²) in [6.45, 7) is 2.71. The molecule has 0 atom stereocenters. The van der Waals surface area contributed by atoms with Crippen molar-refractivity contribution in [3.63, 3.8) is 0 Å². The molecule has 6 nitrogen and oxygen atoms in total. The lowest BCUT2D eigenvalue weighted by molar-refractivity contribution is 0.396. The Labute approximate surface area is 97.3 Å². The zero-order valence-corrected chi connectivity index (χ0v) is 9.78. The minimum atomic E-state index is 0.453. The molecule has 2 heterocycles. The van der Waals surface area contributed by atoms with Gasteiger partial charge < -0.3 is 4.74 Å². The Bertz CT molecular complexity index is 547. The van der Waals surface area contributed by atoms with Gasteiger partial charge in [0.1, 0.15) is 5.69 Å². The maximum Gasteiger partial charge on any atom is 0.232 e. The van der Waals surface area contributed by atoms with Crippen LogP contribution in [0.1, 0.15) is 6.92 Å². The van der Waals surface area contributed by atoms with Crippen LogP contribution in [0, 0.1) is 4.77 Å². The van der Waals surface area contributed by atoms with E-state index in [1.54, 1.807) is 19.5 Å². The van der Waals surface area contributed by atoms with Crippen LogP contribution in [0.25, 0.3) is 11.5 Å². The number of nitrogens with zero attached hydrogens (tertiary/aromatic N) is 4. The van der Waals surface area contributed by atoms with Gasteiger partial charge in [-0.15, -0.1) is 0 Å². The Morgan fingerprint density at radius 3 is 3.00 bits per heavy atom. The zero-order valence-electron chi connectivity index (χ0n) is 8.97. The molecule has 0 bridgehead atoms. The largest absolute Gasteiger partial charge is 0.480 e. The highest BCUT2D eigenvalue weighted by atomic mass is 32.1. The molecule has 0 spiro atoms. The van der Waals surface area contributed by atoms with Gasteiger partial charge in [-0.05, 0) is 19.1 Å². The first kappa shape index (κ1) is 10.7. The van der Waals surface area contributed by atoms with E-state index in [2.05, 4.69) is 20.2 Å². The van der Waals surface area contributed by atoms with Gasteiger partial charge >= 0.3 is 0 Å². The van der Waals surface area contributed by atoms with Gasteiger partial charge in [-0.1, -0.05) is 0 Å². The molecule has 0 fully saturated rings. The van der Waals surface area contributed by atoms with Crippen LogP contribution in [-0.2, 0) is 6.54 Å². The van der Waals surface area contributed by atoms with Crippen molar-refractivity contribution in [2.45, 2.75) is 13.5 Å². The predicted molar refractivity (Wildman–Crippen MR) is 60.7 cm³/mol. The second-order valence-electron chi connectivity index (χ2n) is 3.04. The van der Waals surface area contributed by atoms with Gasteiger partial charge in [0, 0.05) is 6.54 Å². The van der Waals surface area contributed by atoms with Gasteiger partial charge in [0.15, 0.2) is 10.6 Å². The number of aromatic nitrogens is 5. The number of rotatable bonds is 3. The van der Waals surface area contributed by atoms with Crippen LogP contribution in [0.15, 0.2) is 12.4 Å². The fraction of sp³-hybridized carbons (Fsp3) is 0.333. The molecular formula is C9H11N5OS. The Morgan fingerprint density at radius 2 is 2.31 bits per heavy atom. The van der Waals surface area contributed by atoms with Gasteiger partial charge in [0.05, 0.1) is 19.5 Å². The third-order valence-corrected chi connectivity index (χ3v) is 2.44. The molecule has 2 rings (SSSR count). The van der Waals surface area contributed by atoms with E-state index in [1.807, 2.05) is 11.5 Å². The first-order valence-corrected chi connectivity index (χ1v) is 5.18. The third kappa shape index (κ3) is 1.81. The average Bonchev–Trinajstić information content (AvgIpc) is 2.70. The normalized spacial score (nSPS) is 10.4.